The molecule has 1 heterocycles. The molecule has 0 aromatic rings. The first-order valence-corrected chi connectivity index (χ1v) is 5.21. The molecule has 0 atom stereocenters. The molecular formula is C11H17NO6. The molecule has 1 rings (SSSR count). The maximum atomic E-state index is 11.2. The molecule has 0 saturated carbocycles. The molecule has 0 spiro atoms. The second-order valence-corrected chi connectivity index (χ2v) is 3.85. The summed E-state index contributed by atoms with van der Waals surface area (Å²) in [5, 5.41) is 14.8. The van der Waals surface area contributed by atoms with Gasteiger partial charge in [-0.2, -0.15) is 0 Å². The molecule has 18 heavy (non-hydrogen) atoms. The number of aliphatic carboxylic acids is 2. The van der Waals surface area contributed by atoms with Crippen molar-refractivity contribution in [1.29, 1.82) is 0 Å². The molecule has 2 N–H and O–H groups in total. The lowest BCUT2D eigenvalue weighted by Gasteiger charge is -2.24. The summed E-state index contributed by atoms with van der Waals surface area (Å²) in [6.45, 7) is 3.75. The third kappa shape index (κ3) is 5.44. The zero-order chi connectivity index (χ0) is 14.3. The maximum Gasteiger partial charge on any atom is 0.414 e. The van der Waals surface area contributed by atoms with Crippen LogP contribution in [0.5, 0.6) is 0 Å². The fraction of sp³-hybridized carbons (Fsp3) is 0.545. The molecule has 0 bridgehead atoms. The highest BCUT2D eigenvalue weighted by Gasteiger charge is 2.19. The van der Waals surface area contributed by atoms with E-state index >= 15 is 0 Å². The molecule has 0 aromatic carbocycles. The Morgan fingerprint density at radius 3 is 2.11 bits per heavy atom. The van der Waals surface area contributed by atoms with Crippen LogP contribution in [-0.4, -0.2) is 60.3 Å². The monoisotopic (exact) mass is 259 g/mol. The SMILES string of the molecule is COC(=O)C1=C(C)CCN(C)C1.O=C(O)C(=O)O. The molecule has 0 aliphatic carbocycles. The van der Waals surface area contributed by atoms with Gasteiger partial charge in [0.05, 0.1) is 12.7 Å². The van der Waals surface area contributed by atoms with E-state index in [0.717, 1.165) is 25.1 Å². The van der Waals surface area contributed by atoms with Gasteiger partial charge in [-0.25, -0.2) is 14.4 Å². The summed E-state index contributed by atoms with van der Waals surface area (Å²) in [6, 6.07) is 0. The van der Waals surface area contributed by atoms with E-state index in [9.17, 15) is 4.79 Å². The van der Waals surface area contributed by atoms with Gasteiger partial charge in [-0.3, -0.25) is 0 Å². The number of carbonyl (C=O) groups excluding carboxylic acids is 1. The van der Waals surface area contributed by atoms with Gasteiger partial charge < -0.3 is 19.8 Å². The van der Waals surface area contributed by atoms with Crippen molar-refractivity contribution in [3.8, 4) is 0 Å². The number of carboxylic acid groups (broad SMARTS) is 2. The molecule has 0 aromatic heterocycles. The smallest absolute Gasteiger partial charge is 0.414 e. The predicted octanol–water partition coefficient (Wildman–Crippen LogP) is -0.0330. The van der Waals surface area contributed by atoms with E-state index in [1.807, 2.05) is 14.0 Å². The van der Waals surface area contributed by atoms with Crippen LogP contribution in [0.4, 0.5) is 0 Å². The van der Waals surface area contributed by atoms with Crippen LogP contribution in [0, 0.1) is 0 Å². The molecule has 1 aliphatic heterocycles. The first kappa shape index (κ1) is 16.1. The van der Waals surface area contributed by atoms with Gasteiger partial charge in [0.1, 0.15) is 0 Å². The van der Waals surface area contributed by atoms with Crippen molar-refractivity contribution >= 4 is 17.9 Å². The standard InChI is InChI=1S/C9H15NO2.C2H2O4/c1-7-4-5-10(2)6-8(7)9(11)12-3;3-1(4)2(5)6/h4-6H2,1-3H3;(H,3,4)(H,5,6). The number of carbonyl (C=O) groups is 3. The summed E-state index contributed by atoms with van der Waals surface area (Å²) >= 11 is 0. The first-order chi connectivity index (χ1) is 8.29. The van der Waals surface area contributed by atoms with E-state index in [1.165, 1.54) is 12.7 Å². The molecule has 0 unspecified atom stereocenters. The van der Waals surface area contributed by atoms with Gasteiger partial charge in [-0.1, -0.05) is 5.57 Å². The second-order valence-electron chi connectivity index (χ2n) is 3.85. The summed E-state index contributed by atoms with van der Waals surface area (Å²) in [5.41, 5.74) is 1.99. The van der Waals surface area contributed by atoms with Crippen molar-refractivity contribution in [3.63, 3.8) is 0 Å². The Bertz CT molecular complexity index is 362. The van der Waals surface area contributed by atoms with Gasteiger partial charge in [0.15, 0.2) is 0 Å². The Labute approximate surface area is 105 Å². The summed E-state index contributed by atoms with van der Waals surface area (Å²) in [7, 11) is 3.44. The lowest BCUT2D eigenvalue weighted by Crippen LogP contribution is -2.30. The number of likely N-dealkylation sites (N-methyl/N-ethyl adjacent to an activating group) is 1. The van der Waals surface area contributed by atoms with Gasteiger partial charge in [-0.15, -0.1) is 0 Å². The summed E-state index contributed by atoms with van der Waals surface area (Å²) in [5.74, 6) is -3.83. The van der Waals surface area contributed by atoms with E-state index in [4.69, 9.17) is 19.8 Å². The second kappa shape index (κ2) is 7.44. The Morgan fingerprint density at radius 1 is 1.22 bits per heavy atom. The van der Waals surface area contributed by atoms with E-state index in [-0.39, 0.29) is 5.97 Å². The van der Waals surface area contributed by atoms with Gasteiger partial charge in [0, 0.05) is 13.1 Å². The molecule has 102 valence electrons. The zero-order valence-electron chi connectivity index (χ0n) is 10.6. The van der Waals surface area contributed by atoms with E-state index in [1.54, 1.807) is 0 Å². The van der Waals surface area contributed by atoms with Gasteiger partial charge in [0.25, 0.3) is 0 Å². The summed E-state index contributed by atoms with van der Waals surface area (Å²) in [6.07, 6.45) is 0.973. The number of methoxy groups -OCH3 is 1. The number of esters is 1. The molecule has 0 amide bonds. The number of ether oxygens (including phenoxy) is 1. The quantitative estimate of drug-likeness (QED) is 0.503. The van der Waals surface area contributed by atoms with Crippen LogP contribution in [0.1, 0.15) is 13.3 Å². The molecular weight excluding hydrogens is 242 g/mol. The van der Waals surface area contributed by atoms with Crippen molar-refractivity contribution in [2.45, 2.75) is 13.3 Å². The van der Waals surface area contributed by atoms with Crippen molar-refractivity contribution in [3.05, 3.63) is 11.1 Å². The van der Waals surface area contributed by atoms with Crippen molar-refractivity contribution < 1.29 is 29.3 Å². The maximum absolute atomic E-state index is 11.2. The average Bonchev–Trinajstić information content (AvgIpc) is 2.32. The molecule has 0 saturated heterocycles. The van der Waals surface area contributed by atoms with Crippen molar-refractivity contribution in [1.82, 2.24) is 4.90 Å². The fourth-order valence-electron chi connectivity index (χ4n) is 1.36. The van der Waals surface area contributed by atoms with Crippen LogP contribution in [0.2, 0.25) is 0 Å². The van der Waals surface area contributed by atoms with E-state index in [0.29, 0.717) is 0 Å². The third-order valence-electron chi connectivity index (χ3n) is 2.43. The van der Waals surface area contributed by atoms with E-state index in [2.05, 4.69) is 9.64 Å². The highest BCUT2D eigenvalue weighted by molar-refractivity contribution is 6.27. The Hall–Kier alpha value is -1.89. The highest BCUT2D eigenvalue weighted by atomic mass is 16.5. The van der Waals surface area contributed by atoms with E-state index < -0.39 is 11.9 Å². The third-order valence-corrected chi connectivity index (χ3v) is 2.43. The Balaban J connectivity index is 0.000000411. The van der Waals surface area contributed by atoms with Crippen LogP contribution in [-0.2, 0) is 19.1 Å². The van der Waals surface area contributed by atoms with Gasteiger partial charge in [0.2, 0.25) is 0 Å². The number of hydrogen-bond acceptors (Lipinski definition) is 5. The predicted molar refractivity (Wildman–Crippen MR) is 62.1 cm³/mol. The average molecular weight is 259 g/mol. The molecule has 0 fully saturated rings. The molecule has 0 radical (unpaired) electrons. The molecule has 7 heteroatoms. The normalized spacial score (nSPS) is 15.5. The topological polar surface area (TPSA) is 104 Å². The van der Waals surface area contributed by atoms with Gasteiger partial charge in [-0.05, 0) is 20.4 Å². The Morgan fingerprint density at radius 2 is 1.72 bits per heavy atom. The number of hydrogen-bond donors (Lipinski definition) is 2. The lowest BCUT2D eigenvalue weighted by molar-refractivity contribution is -0.159. The Kier molecular flexibility index (Phi) is 6.66. The lowest BCUT2D eigenvalue weighted by atomic mass is 10.0. The van der Waals surface area contributed by atoms with Crippen LogP contribution in [0.15, 0.2) is 11.1 Å². The van der Waals surface area contributed by atoms with Crippen molar-refractivity contribution in [2.75, 3.05) is 27.2 Å². The minimum atomic E-state index is -1.82. The highest BCUT2D eigenvalue weighted by Crippen LogP contribution is 2.16. The fourth-order valence-corrected chi connectivity index (χ4v) is 1.36. The van der Waals surface area contributed by atoms with Crippen LogP contribution in [0.3, 0.4) is 0 Å². The number of rotatable bonds is 1. The van der Waals surface area contributed by atoms with Crippen LogP contribution in [0.25, 0.3) is 0 Å². The first-order valence-electron chi connectivity index (χ1n) is 5.21. The zero-order valence-corrected chi connectivity index (χ0v) is 10.6. The summed E-state index contributed by atoms with van der Waals surface area (Å²) < 4.78 is 4.68. The van der Waals surface area contributed by atoms with Crippen LogP contribution >= 0.6 is 0 Å². The largest absolute Gasteiger partial charge is 0.473 e. The minimum absolute atomic E-state index is 0.181. The minimum Gasteiger partial charge on any atom is -0.473 e. The van der Waals surface area contributed by atoms with Gasteiger partial charge >= 0.3 is 17.9 Å². The van der Waals surface area contributed by atoms with Crippen molar-refractivity contribution in [2.24, 2.45) is 0 Å². The summed E-state index contributed by atoms with van der Waals surface area (Å²) in [4.78, 5) is 31.5. The number of carboxylic acids is 2. The molecule has 1 aliphatic rings. The number of nitrogens with zero attached hydrogens (tertiary/aromatic N) is 1. The van der Waals surface area contributed by atoms with Crippen LogP contribution < -0.4 is 0 Å². The molecule has 7 nitrogen and oxygen atoms in total.